The van der Waals surface area contributed by atoms with Gasteiger partial charge in [-0.3, -0.25) is 67.3 Å². The average Bonchev–Trinajstić information content (AvgIpc) is 1.46. The maximum Gasteiger partial charge on any atom is 0.245 e. The van der Waals surface area contributed by atoms with Gasteiger partial charge in [0.25, 0.3) is 0 Å². The number of amides is 13. The Bertz CT molecular complexity index is 3610. The summed E-state index contributed by atoms with van der Waals surface area (Å²) in [4.78, 5) is 186. The summed E-state index contributed by atoms with van der Waals surface area (Å²) < 4.78 is 0. The number of benzene rings is 4. The van der Waals surface area contributed by atoms with Crippen LogP contribution in [-0.4, -0.2) is 191 Å². The minimum atomic E-state index is -1.89. The van der Waals surface area contributed by atoms with Gasteiger partial charge < -0.3 is 90.8 Å². The number of halogens is 1. The van der Waals surface area contributed by atoms with E-state index in [1.807, 2.05) is 24.3 Å². The van der Waals surface area contributed by atoms with Crippen LogP contribution in [0.4, 0.5) is 0 Å². The third-order valence-electron chi connectivity index (χ3n) is 16.4. The molecule has 13 amide bonds. The third-order valence-corrected chi connectivity index (χ3v) is 16.7. The molecule has 534 valence electrons. The van der Waals surface area contributed by atoms with E-state index in [4.69, 9.17) is 28.8 Å². The summed E-state index contributed by atoms with van der Waals surface area (Å²) in [5.41, 5.74) is 17.9. The number of carbonyl (C=O) groups excluding carboxylic acids is 13. The molecule has 2 aliphatic heterocycles. The molecule has 2 aliphatic rings. The number of nitrogens with two attached hydrogens (primary N) is 3. The van der Waals surface area contributed by atoms with Gasteiger partial charge >= 0.3 is 0 Å². The fourth-order valence-corrected chi connectivity index (χ4v) is 11.3. The number of hydrogen-bond acceptors (Lipinski definition) is 16. The van der Waals surface area contributed by atoms with E-state index in [1.54, 1.807) is 44.2 Å². The first-order valence-corrected chi connectivity index (χ1v) is 32.9. The molecule has 4 aromatic rings. The number of phenols is 1. The Labute approximate surface area is 576 Å². The number of fused-ring (bicyclic) bond motifs is 1. The Hall–Kier alpha value is -10.4. The van der Waals surface area contributed by atoms with Crippen LogP contribution in [-0.2, 0) is 81.6 Å². The summed E-state index contributed by atoms with van der Waals surface area (Å²) in [5, 5.41) is 51.4. The number of primary amides is 1. The van der Waals surface area contributed by atoms with Gasteiger partial charge in [0.1, 0.15) is 72.2 Å². The number of nitrogens with zero attached hydrogens (tertiary/aromatic N) is 2. The molecule has 0 saturated carbocycles. The van der Waals surface area contributed by atoms with Gasteiger partial charge in [-0.1, -0.05) is 92.2 Å². The first-order valence-electron chi connectivity index (χ1n) is 32.5. The third kappa shape index (κ3) is 24.3. The molecule has 0 aromatic heterocycles. The van der Waals surface area contributed by atoms with Crippen molar-refractivity contribution in [3.05, 3.63) is 113 Å². The smallest absolute Gasteiger partial charge is 0.245 e. The van der Waals surface area contributed by atoms with Crippen LogP contribution >= 0.6 is 11.6 Å². The van der Waals surface area contributed by atoms with Crippen LogP contribution in [0.5, 0.6) is 5.75 Å². The van der Waals surface area contributed by atoms with Gasteiger partial charge in [0.05, 0.1) is 13.0 Å². The lowest BCUT2D eigenvalue weighted by Crippen LogP contribution is -2.61. The van der Waals surface area contributed by atoms with E-state index in [9.17, 15) is 63.0 Å². The average molecular weight is 1390 g/mol. The number of aliphatic hydroxyl groups is 1. The topological polar surface area (TPSA) is 488 Å². The van der Waals surface area contributed by atoms with E-state index in [1.165, 1.54) is 55.1 Å². The fraction of sp³-hybridized carbons (Fsp3) is 0.463. The highest BCUT2D eigenvalue weighted by atomic mass is 35.5. The molecule has 11 atom stereocenters. The van der Waals surface area contributed by atoms with E-state index in [0.29, 0.717) is 28.1 Å². The normalized spacial score (nSPS) is 19.4. The summed E-state index contributed by atoms with van der Waals surface area (Å²) in [7, 11) is 0. The van der Waals surface area contributed by atoms with Crippen LogP contribution < -0.4 is 75.7 Å². The number of hydrogen-bond donors (Lipinski definition) is 16. The minimum Gasteiger partial charge on any atom is -0.508 e. The van der Waals surface area contributed by atoms with Crippen molar-refractivity contribution in [1.82, 2.24) is 63.4 Å². The molecule has 0 radical (unpaired) electrons. The quantitative estimate of drug-likeness (QED) is 0.0160. The SMILES string of the molecule is CC(=O)N[C@@H]1CC(=O)N[C@@H](C)C(=O)NCC[C@H](C(=O)N[C@@H](CO)C(=O)N[C@@H](Cc2ccc(O)cc2)C(=O)N[C@H](Cc2ccc3ccccc3c2)C(=O)N[C@@H](CC(C)C)C(=O)N[C@@H](CCCN=C(N)N)C(=O)N2CCC[C@H]2C(=O)N[C@H](C)C(N)=O)NC(=O)[C@@H](Cc2ccc(Cl)cc2)NC1=O. The van der Waals surface area contributed by atoms with Crippen molar-refractivity contribution in [3.8, 4) is 5.75 Å². The molecule has 31 nitrogen and oxygen atoms in total. The molecule has 2 heterocycles. The first-order chi connectivity index (χ1) is 47.0. The molecule has 4 aromatic carbocycles. The lowest BCUT2D eigenvalue weighted by molar-refractivity contribution is -0.142. The number of aliphatic imine (C=N–C) groups is 1. The van der Waals surface area contributed by atoms with E-state index in [-0.39, 0.29) is 88.6 Å². The zero-order valence-electron chi connectivity index (χ0n) is 55.7. The maximum absolute atomic E-state index is 15.1. The Morgan fingerprint density at radius 2 is 1.26 bits per heavy atom. The predicted molar refractivity (Wildman–Crippen MR) is 364 cm³/mol. The molecule has 0 aliphatic carbocycles. The van der Waals surface area contributed by atoms with Gasteiger partial charge in [-0.2, -0.15) is 0 Å². The summed E-state index contributed by atoms with van der Waals surface area (Å²) >= 11 is 6.14. The minimum absolute atomic E-state index is 0.00436. The van der Waals surface area contributed by atoms with Crippen LogP contribution in [0, 0.1) is 5.92 Å². The van der Waals surface area contributed by atoms with Crippen molar-refractivity contribution in [2.24, 2.45) is 28.1 Å². The molecule has 99 heavy (non-hydrogen) atoms. The second-order valence-corrected chi connectivity index (χ2v) is 25.4. The van der Waals surface area contributed by atoms with Gasteiger partial charge in [0.15, 0.2) is 5.96 Å². The molecule has 0 spiro atoms. The van der Waals surface area contributed by atoms with Gasteiger partial charge in [-0.05, 0) is 110 Å². The highest BCUT2D eigenvalue weighted by Crippen LogP contribution is 2.22. The summed E-state index contributed by atoms with van der Waals surface area (Å²) in [6, 6.07) is 8.74. The number of rotatable bonds is 28. The largest absolute Gasteiger partial charge is 0.508 e. The molecular formula is C67H89ClN16O15. The number of nitrogens with one attached hydrogen (secondary N) is 11. The number of guanidine groups is 1. The van der Waals surface area contributed by atoms with Crippen LogP contribution in [0.15, 0.2) is 96.0 Å². The number of likely N-dealkylation sites (tertiary alicyclic amines) is 1. The van der Waals surface area contributed by atoms with Crippen LogP contribution in [0.3, 0.4) is 0 Å². The van der Waals surface area contributed by atoms with E-state index in [0.717, 1.165) is 17.7 Å². The van der Waals surface area contributed by atoms with Crippen LogP contribution in [0.2, 0.25) is 5.02 Å². The molecule has 6 rings (SSSR count). The molecular weight excluding hydrogens is 1300 g/mol. The van der Waals surface area contributed by atoms with E-state index < -0.39 is 156 Å². The Morgan fingerprint density at radius 3 is 1.89 bits per heavy atom. The Morgan fingerprint density at radius 1 is 0.667 bits per heavy atom. The molecule has 0 unspecified atom stereocenters. The first kappa shape index (κ1) is 77.6. The second-order valence-electron chi connectivity index (χ2n) is 24.9. The zero-order valence-corrected chi connectivity index (χ0v) is 56.4. The van der Waals surface area contributed by atoms with Crippen LogP contribution in [0.25, 0.3) is 10.8 Å². The molecule has 2 fully saturated rings. The van der Waals surface area contributed by atoms with Crippen molar-refractivity contribution >= 4 is 105 Å². The highest BCUT2D eigenvalue weighted by Gasteiger charge is 2.41. The Kier molecular flexibility index (Phi) is 29.3. The van der Waals surface area contributed by atoms with Crippen molar-refractivity contribution < 1.29 is 72.5 Å². The standard InChI is InChI=1S/C67H89ClN16O15/c1-35(2)28-48(59(92)78-47(12-8-25-73-67(70)71)66(99)84-27-9-13-54(84)65(98)75-36(3)56(69)89)79-62(95)51(32-41-14-19-42-10-6-7-11-43(42)29-41)81-61(94)50(31-40-17-22-45(87)23-18-40)82-64(97)53(34-85)83-58(91)46-24-26-72-57(90)37(4)74-55(88)33-52(76-38(5)86)63(96)80-49(60(93)77-46)30-39-15-20-44(68)21-16-39/h6-7,10-11,14-23,29,35-37,46-54,85,87H,8-9,12-13,24-28,30-34H2,1-5H3,(H2,69,89)(H,72,90)(H,74,88)(H,75,98)(H,76,86)(H,77,93)(H,78,92)(H,79,95)(H,80,96)(H,81,94)(H,82,97)(H,83,91)(H4,70,71,73)/t36-,37+,46-,47+,48+,49-,50+,51-,52-,53+,54+/m1/s1. The van der Waals surface area contributed by atoms with Crippen molar-refractivity contribution in [2.75, 3.05) is 26.2 Å². The van der Waals surface area contributed by atoms with Crippen molar-refractivity contribution in [3.63, 3.8) is 0 Å². The van der Waals surface area contributed by atoms with E-state index in [2.05, 4.69) is 63.5 Å². The maximum atomic E-state index is 15.1. The van der Waals surface area contributed by atoms with Crippen LogP contribution in [0.1, 0.15) is 96.3 Å². The Balaban J connectivity index is 1.30. The summed E-state index contributed by atoms with van der Waals surface area (Å²) in [6.45, 7) is 6.16. The predicted octanol–water partition coefficient (Wildman–Crippen LogP) is -2.39. The lowest BCUT2D eigenvalue weighted by atomic mass is 9.98. The molecule has 19 N–H and O–H groups in total. The molecule has 32 heteroatoms. The summed E-state index contributed by atoms with van der Waals surface area (Å²) in [6.07, 6.45) is -1.01. The number of aliphatic hydroxyl groups excluding tert-OH is 1. The van der Waals surface area contributed by atoms with Gasteiger partial charge in [-0.25, -0.2) is 0 Å². The summed E-state index contributed by atoms with van der Waals surface area (Å²) in [5.74, 6) is -11.8. The van der Waals surface area contributed by atoms with Gasteiger partial charge in [0, 0.05) is 50.8 Å². The number of aromatic hydroxyl groups is 1. The van der Waals surface area contributed by atoms with Gasteiger partial charge in [0.2, 0.25) is 76.8 Å². The highest BCUT2D eigenvalue weighted by molar-refractivity contribution is 6.30. The van der Waals surface area contributed by atoms with Gasteiger partial charge in [-0.15, -0.1) is 0 Å². The van der Waals surface area contributed by atoms with Crippen molar-refractivity contribution in [1.29, 1.82) is 0 Å². The number of carbonyl (C=O) groups is 13. The van der Waals surface area contributed by atoms with E-state index >= 15 is 9.59 Å². The zero-order chi connectivity index (χ0) is 72.6. The lowest BCUT2D eigenvalue weighted by Gasteiger charge is -2.31. The second kappa shape index (κ2) is 37.3. The molecule has 2 saturated heterocycles. The van der Waals surface area contributed by atoms with Crippen molar-refractivity contribution in [2.45, 2.75) is 165 Å². The molecule has 0 bridgehead atoms. The fourth-order valence-electron chi connectivity index (χ4n) is 11.2. The number of phenolic OH excluding ortho intramolecular Hbond substituents is 1. The monoisotopic (exact) mass is 1390 g/mol.